The van der Waals surface area contributed by atoms with Crippen LogP contribution >= 0.6 is 0 Å². The lowest BCUT2D eigenvalue weighted by Crippen LogP contribution is -2.36. The summed E-state index contributed by atoms with van der Waals surface area (Å²) in [4.78, 5) is 2.32. The second kappa shape index (κ2) is 5.38. The highest BCUT2D eigenvalue weighted by Crippen LogP contribution is 2.23. The highest BCUT2D eigenvalue weighted by molar-refractivity contribution is 5.47. The first-order valence-corrected chi connectivity index (χ1v) is 6.01. The molecule has 0 unspecified atom stereocenters. The lowest BCUT2D eigenvalue weighted by atomic mass is 10.1. The Hall–Kier alpha value is -1.26. The normalized spacial score (nSPS) is 18.4. The van der Waals surface area contributed by atoms with Crippen LogP contribution in [0, 0.1) is 0 Å². The van der Waals surface area contributed by atoms with E-state index in [0.29, 0.717) is 17.5 Å². The Balaban J connectivity index is 1.95. The lowest BCUT2D eigenvalue weighted by Gasteiger charge is -2.31. The number of phenolic OH excluding ortho intramolecular Hbond substituents is 1. The number of phenols is 1. The molecule has 4 heteroatoms. The predicted octanol–water partition coefficient (Wildman–Crippen LogP) is 1.59. The van der Waals surface area contributed by atoms with Crippen LogP contribution in [-0.4, -0.2) is 36.3 Å². The van der Waals surface area contributed by atoms with Crippen LogP contribution in [0.4, 0.5) is 5.69 Å². The van der Waals surface area contributed by atoms with Gasteiger partial charge in [-0.2, -0.15) is 0 Å². The molecule has 0 bridgehead atoms. The average Bonchev–Trinajstić information content (AvgIpc) is 2.35. The Morgan fingerprint density at radius 2 is 2.12 bits per heavy atom. The Kier molecular flexibility index (Phi) is 3.86. The van der Waals surface area contributed by atoms with Crippen molar-refractivity contribution in [2.75, 3.05) is 25.9 Å². The second-order valence-electron chi connectivity index (χ2n) is 4.60. The molecule has 1 aliphatic heterocycles. The number of methoxy groups -OCH3 is 1. The molecule has 0 atom stereocenters. The summed E-state index contributed by atoms with van der Waals surface area (Å²) in [5, 5.41) is 9.76. The van der Waals surface area contributed by atoms with Crippen LogP contribution in [-0.2, 0) is 11.3 Å². The van der Waals surface area contributed by atoms with Crippen molar-refractivity contribution in [2.45, 2.75) is 25.5 Å². The third kappa shape index (κ3) is 3.11. The first-order chi connectivity index (χ1) is 8.19. The standard InChI is InChI=1S/C13H20N2O2/c1-17-12-4-6-15(7-5-12)9-10-8-11(14)2-3-13(10)16/h2-3,8,12,16H,4-7,9,14H2,1H3. The zero-order valence-electron chi connectivity index (χ0n) is 10.2. The van der Waals surface area contributed by atoms with Crippen molar-refractivity contribution >= 4 is 5.69 Å². The molecule has 1 aliphatic rings. The van der Waals surface area contributed by atoms with Crippen molar-refractivity contribution in [1.82, 2.24) is 4.90 Å². The van der Waals surface area contributed by atoms with Crippen molar-refractivity contribution in [1.29, 1.82) is 0 Å². The van der Waals surface area contributed by atoms with Crippen molar-refractivity contribution < 1.29 is 9.84 Å². The van der Waals surface area contributed by atoms with E-state index in [1.165, 1.54) is 0 Å². The summed E-state index contributed by atoms with van der Waals surface area (Å²) in [6, 6.07) is 5.22. The van der Waals surface area contributed by atoms with E-state index < -0.39 is 0 Å². The number of hydrogen-bond donors (Lipinski definition) is 2. The third-order valence-corrected chi connectivity index (χ3v) is 3.37. The Labute approximate surface area is 102 Å². The monoisotopic (exact) mass is 236 g/mol. The minimum Gasteiger partial charge on any atom is -0.508 e. The van der Waals surface area contributed by atoms with E-state index in [1.807, 2.05) is 6.07 Å². The van der Waals surface area contributed by atoms with E-state index in [2.05, 4.69) is 4.90 Å². The number of likely N-dealkylation sites (tertiary alicyclic amines) is 1. The van der Waals surface area contributed by atoms with Gasteiger partial charge in [-0.1, -0.05) is 0 Å². The molecule has 4 nitrogen and oxygen atoms in total. The van der Waals surface area contributed by atoms with Crippen molar-refractivity contribution in [3.8, 4) is 5.75 Å². The molecule has 2 rings (SSSR count). The first-order valence-electron chi connectivity index (χ1n) is 6.01. The predicted molar refractivity (Wildman–Crippen MR) is 67.8 cm³/mol. The summed E-state index contributed by atoms with van der Waals surface area (Å²) in [5.41, 5.74) is 7.33. The van der Waals surface area contributed by atoms with Crippen LogP contribution < -0.4 is 5.73 Å². The van der Waals surface area contributed by atoms with Crippen molar-refractivity contribution in [3.05, 3.63) is 23.8 Å². The highest BCUT2D eigenvalue weighted by Gasteiger charge is 2.19. The van der Waals surface area contributed by atoms with Gasteiger partial charge in [0.15, 0.2) is 0 Å². The molecule has 1 heterocycles. The van der Waals surface area contributed by atoms with Crippen LogP contribution in [0.25, 0.3) is 0 Å². The molecular weight excluding hydrogens is 216 g/mol. The molecule has 0 radical (unpaired) electrons. The molecule has 0 aliphatic carbocycles. The van der Waals surface area contributed by atoms with Gasteiger partial charge in [0, 0.05) is 38.0 Å². The smallest absolute Gasteiger partial charge is 0.120 e. The highest BCUT2D eigenvalue weighted by atomic mass is 16.5. The number of nitrogens with zero attached hydrogens (tertiary/aromatic N) is 1. The number of nitrogen functional groups attached to an aromatic ring is 1. The molecule has 1 fully saturated rings. The van der Waals surface area contributed by atoms with E-state index >= 15 is 0 Å². The zero-order valence-corrected chi connectivity index (χ0v) is 10.2. The number of ether oxygens (including phenoxy) is 1. The van der Waals surface area contributed by atoms with Crippen LogP contribution in [0.5, 0.6) is 5.75 Å². The maximum absolute atomic E-state index is 9.76. The summed E-state index contributed by atoms with van der Waals surface area (Å²) >= 11 is 0. The van der Waals surface area contributed by atoms with E-state index in [9.17, 15) is 5.11 Å². The number of aromatic hydroxyl groups is 1. The quantitative estimate of drug-likeness (QED) is 0.618. The van der Waals surface area contributed by atoms with E-state index in [4.69, 9.17) is 10.5 Å². The number of piperidine rings is 1. The zero-order chi connectivity index (χ0) is 12.3. The van der Waals surface area contributed by atoms with Gasteiger partial charge < -0.3 is 15.6 Å². The van der Waals surface area contributed by atoms with Gasteiger partial charge >= 0.3 is 0 Å². The molecule has 0 saturated carbocycles. The summed E-state index contributed by atoms with van der Waals surface area (Å²) in [6.07, 6.45) is 2.50. The van der Waals surface area contributed by atoms with E-state index in [0.717, 1.165) is 38.0 Å². The molecule has 0 amide bonds. The van der Waals surface area contributed by atoms with Gasteiger partial charge in [-0.3, -0.25) is 4.90 Å². The summed E-state index contributed by atoms with van der Waals surface area (Å²) in [7, 11) is 1.77. The fourth-order valence-corrected chi connectivity index (χ4v) is 2.28. The fourth-order valence-electron chi connectivity index (χ4n) is 2.28. The minimum atomic E-state index is 0.327. The summed E-state index contributed by atoms with van der Waals surface area (Å²) in [6.45, 7) is 2.77. The molecule has 0 spiro atoms. The maximum Gasteiger partial charge on any atom is 0.120 e. The van der Waals surface area contributed by atoms with Gasteiger partial charge in [0.05, 0.1) is 6.10 Å². The molecule has 1 aromatic rings. The van der Waals surface area contributed by atoms with Gasteiger partial charge in [0.1, 0.15) is 5.75 Å². The molecule has 1 saturated heterocycles. The van der Waals surface area contributed by atoms with Crippen LogP contribution in [0.3, 0.4) is 0 Å². The van der Waals surface area contributed by atoms with Crippen LogP contribution in [0.2, 0.25) is 0 Å². The molecule has 1 aromatic carbocycles. The molecular formula is C13H20N2O2. The number of anilines is 1. The fraction of sp³-hybridized carbons (Fsp3) is 0.538. The summed E-state index contributed by atoms with van der Waals surface area (Å²) < 4.78 is 5.34. The minimum absolute atomic E-state index is 0.327. The van der Waals surface area contributed by atoms with Gasteiger partial charge in [0.2, 0.25) is 0 Å². The van der Waals surface area contributed by atoms with Crippen molar-refractivity contribution in [3.63, 3.8) is 0 Å². The van der Waals surface area contributed by atoms with Gasteiger partial charge in [-0.05, 0) is 31.0 Å². The van der Waals surface area contributed by atoms with Gasteiger partial charge in [-0.25, -0.2) is 0 Å². The molecule has 3 N–H and O–H groups in total. The Morgan fingerprint density at radius 3 is 2.76 bits per heavy atom. The number of rotatable bonds is 3. The van der Waals surface area contributed by atoms with E-state index in [1.54, 1.807) is 19.2 Å². The van der Waals surface area contributed by atoms with Gasteiger partial charge in [-0.15, -0.1) is 0 Å². The molecule has 17 heavy (non-hydrogen) atoms. The topological polar surface area (TPSA) is 58.7 Å². The molecule has 0 aromatic heterocycles. The summed E-state index contributed by atoms with van der Waals surface area (Å²) in [5.74, 6) is 0.327. The average molecular weight is 236 g/mol. The lowest BCUT2D eigenvalue weighted by molar-refractivity contribution is 0.0387. The van der Waals surface area contributed by atoms with Crippen LogP contribution in [0.1, 0.15) is 18.4 Å². The van der Waals surface area contributed by atoms with Gasteiger partial charge in [0.25, 0.3) is 0 Å². The van der Waals surface area contributed by atoms with Crippen molar-refractivity contribution in [2.24, 2.45) is 0 Å². The molecule has 94 valence electrons. The number of benzene rings is 1. The largest absolute Gasteiger partial charge is 0.508 e. The Morgan fingerprint density at radius 1 is 1.41 bits per heavy atom. The first kappa shape index (κ1) is 12.2. The number of nitrogens with two attached hydrogens (primary N) is 1. The number of hydrogen-bond acceptors (Lipinski definition) is 4. The Bertz CT molecular complexity index is 374. The SMILES string of the molecule is COC1CCN(Cc2cc(N)ccc2O)CC1. The van der Waals surface area contributed by atoms with Crippen LogP contribution in [0.15, 0.2) is 18.2 Å². The third-order valence-electron chi connectivity index (χ3n) is 3.37. The van der Waals surface area contributed by atoms with E-state index in [-0.39, 0.29) is 0 Å². The second-order valence-corrected chi connectivity index (χ2v) is 4.60. The maximum atomic E-state index is 9.76.